The molecule has 1 heterocycles. The largest absolute Gasteiger partial charge is 0.457 e. The Kier molecular flexibility index (Phi) is 4.69. The average molecular weight is 425 g/mol. The van der Waals surface area contributed by atoms with Crippen molar-refractivity contribution < 1.29 is 9.53 Å². The summed E-state index contributed by atoms with van der Waals surface area (Å²) in [6.07, 6.45) is 0. The van der Waals surface area contributed by atoms with Crippen LogP contribution in [-0.4, -0.2) is 10.9 Å². The summed E-state index contributed by atoms with van der Waals surface area (Å²) in [6.45, 7) is 0. The fraction of sp³-hybridized carbons (Fsp3) is 0. The minimum Gasteiger partial charge on any atom is -0.457 e. The zero-order chi connectivity index (χ0) is 17.9. The second kappa shape index (κ2) is 7.27. The quantitative estimate of drug-likeness (QED) is 0.430. The van der Waals surface area contributed by atoms with Crippen LogP contribution < -0.4 is 10.1 Å². The molecule has 1 amide bonds. The third kappa shape index (κ3) is 3.47. The maximum Gasteiger partial charge on any atom is 0.261 e. The third-order valence-corrected chi connectivity index (χ3v) is 5.27. The number of ether oxygens (including phenoxy) is 1. The van der Waals surface area contributed by atoms with Gasteiger partial charge in [0, 0.05) is 4.47 Å². The Morgan fingerprint density at radius 3 is 2.54 bits per heavy atom. The lowest BCUT2D eigenvalue weighted by atomic mass is 10.2. The maximum atomic E-state index is 12.8. The number of carbonyl (C=O) groups excluding carboxylic acids is 1. The number of hydrogen-bond acceptors (Lipinski definition) is 4. The second-order valence-electron chi connectivity index (χ2n) is 5.47. The van der Waals surface area contributed by atoms with Gasteiger partial charge in [0.15, 0.2) is 5.13 Å². The van der Waals surface area contributed by atoms with E-state index in [0.717, 1.165) is 14.7 Å². The van der Waals surface area contributed by atoms with Crippen LogP contribution in [0.3, 0.4) is 0 Å². The topological polar surface area (TPSA) is 51.2 Å². The van der Waals surface area contributed by atoms with Crippen LogP contribution >= 0.6 is 27.3 Å². The van der Waals surface area contributed by atoms with E-state index in [2.05, 4.69) is 26.2 Å². The Morgan fingerprint density at radius 2 is 1.73 bits per heavy atom. The molecule has 0 aliphatic carbocycles. The lowest BCUT2D eigenvalue weighted by molar-refractivity contribution is 0.102. The van der Waals surface area contributed by atoms with Gasteiger partial charge < -0.3 is 4.74 Å². The summed E-state index contributed by atoms with van der Waals surface area (Å²) in [5.74, 6) is 0.918. The molecule has 128 valence electrons. The smallest absolute Gasteiger partial charge is 0.261 e. The zero-order valence-corrected chi connectivity index (χ0v) is 15.9. The lowest BCUT2D eigenvalue weighted by Gasteiger charge is -2.10. The van der Waals surface area contributed by atoms with E-state index in [1.807, 2.05) is 60.7 Å². The fourth-order valence-electron chi connectivity index (χ4n) is 2.49. The molecule has 3 aromatic carbocycles. The van der Waals surface area contributed by atoms with Crippen LogP contribution in [0.5, 0.6) is 11.5 Å². The summed E-state index contributed by atoms with van der Waals surface area (Å²) in [5, 5.41) is 3.42. The number of carbonyl (C=O) groups is 1. The Hall–Kier alpha value is -2.70. The molecule has 0 spiro atoms. The van der Waals surface area contributed by atoms with Crippen molar-refractivity contribution >= 4 is 48.5 Å². The Balaban J connectivity index is 1.61. The molecule has 1 aromatic heterocycles. The zero-order valence-electron chi connectivity index (χ0n) is 13.5. The predicted molar refractivity (Wildman–Crippen MR) is 108 cm³/mol. The number of hydrogen-bond donors (Lipinski definition) is 1. The van der Waals surface area contributed by atoms with Crippen molar-refractivity contribution in [3.05, 3.63) is 82.8 Å². The normalized spacial score (nSPS) is 10.7. The summed E-state index contributed by atoms with van der Waals surface area (Å²) in [4.78, 5) is 17.2. The van der Waals surface area contributed by atoms with Crippen LogP contribution in [0, 0.1) is 0 Å². The molecular formula is C20H13BrN2O2S. The molecule has 0 saturated carbocycles. The molecule has 0 aliphatic heterocycles. The van der Waals surface area contributed by atoms with Gasteiger partial charge in [-0.25, -0.2) is 4.98 Å². The van der Waals surface area contributed by atoms with E-state index < -0.39 is 0 Å². The molecule has 0 bridgehead atoms. The average Bonchev–Trinajstić information content (AvgIpc) is 3.07. The number of para-hydroxylation sites is 3. The monoisotopic (exact) mass is 424 g/mol. The number of nitrogens with zero attached hydrogens (tertiary/aromatic N) is 1. The summed E-state index contributed by atoms with van der Waals surface area (Å²) in [6, 6.07) is 22.4. The molecule has 0 atom stereocenters. The number of thiazole rings is 1. The van der Waals surface area contributed by atoms with Gasteiger partial charge in [-0.2, -0.15) is 0 Å². The number of benzene rings is 3. The molecule has 4 rings (SSSR count). The fourth-order valence-corrected chi connectivity index (χ4v) is 3.97. The highest BCUT2D eigenvalue weighted by Crippen LogP contribution is 2.32. The van der Waals surface area contributed by atoms with E-state index in [-0.39, 0.29) is 5.91 Å². The number of rotatable bonds is 4. The van der Waals surface area contributed by atoms with Gasteiger partial charge in [0.2, 0.25) is 0 Å². The number of amides is 1. The molecule has 0 unspecified atom stereocenters. The highest BCUT2D eigenvalue weighted by molar-refractivity contribution is 9.10. The molecule has 1 N–H and O–H groups in total. The van der Waals surface area contributed by atoms with Crippen molar-refractivity contribution in [3.63, 3.8) is 0 Å². The highest BCUT2D eigenvalue weighted by Gasteiger charge is 2.15. The number of nitrogens with one attached hydrogen (secondary N) is 1. The van der Waals surface area contributed by atoms with Crippen LogP contribution in [0.25, 0.3) is 10.2 Å². The first-order valence-electron chi connectivity index (χ1n) is 7.89. The molecule has 0 aliphatic rings. The summed E-state index contributed by atoms with van der Waals surface area (Å²) in [7, 11) is 0. The predicted octanol–water partition coefficient (Wildman–Crippen LogP) is 6.10. The number of aromatic nitrogens is 1. The maximum absolute atomic E-state index is 12.8. The van der Waals surface area contributed by atoms with Gasteiger partial charge in [-0.1, -0.05) is 47.7 Å². The van der Waals surface area contributed by atoms with Crippen LogP contribution in [0.2, 0.25) is 0 Å². The molecule has 4 nitrogen and oxygen atoms in total. The Bertz CT molecular complexity index is 1080. The van der Waals surface area contributed by atoms with Crippen LogP contribution in [0.1, 0.15) is 10.4 Å². The van der Waals surface area contributed by atoms with Crippen LogP contribution in [-0.2, 0) is 0 Å². The van der Waals surface area contributed by atoms with E-state index in [1.54, 1.807) is 12.1 Å². The van der Waals surface area contributed by atoms with Gasteiger partial charge in [-0.3, -0.25) is 10.1 Å². The van der Waals surface area contributed by atoms with E-state index >= 15 is 0 Å². The SMILES string of the molecule is O=C(Nc1nc2c(Br)cccc2s1)c1ccccc1Oc1ccccc1. The summed E-state index contributed by atoms with van der Waals surface area (Å²) < 4.78 is 7.77. The van der Waals surface area contributed by atoms with Gasteiger partial charge in [-0.05, 0) is 52.3 Å². The van der Waals surface area contributed by atoms with Gasteiger partial charge in [0.05, 0.1) is 15.8 Å². The molecule has 6 heteroatoms. The standard InChI is InChI=1S/C20H13BrN2O2S/c21-15-10-6-12-17-18(15)22-20(26-17)23-19(24)14-9-4-5-11-16(14)25-13-7-2-1-3-8-13/h1-12H,(H,22,23,24). The van der Waals surface area contributed by atoms with Crippen molar-refractivity contribution in [1.82, 2.24) is 4.98 Å². The number of fused-ring (bicyclic) bond motifs is 1. The van der Waals surface area contributed by atoms with Crippen LogP contribution in [0.4, 0.5) is 5.13 Å². The lowest BCUT2D eigenvalue weighted by Crippen LogP contribution is -2.12. The molecular weight excluding hydrogens is 412 g/mol. The Morgan fingerprint density at radius 1 is 0.962 bits per heavy atom. The molecule has 0 radical (unpaired) electrons. The molecule has 0 saturated heterocycles. The minimum absolute atomic E-state index is 0.258. The third-order valence-electron chi connectivity index (χ3n) is 3.69. The highest BCUT2D eigenvalue weighted by atomic mass is 79.9. The number of halogens is 1. The van der Waals surface area contributed by atoms with Gasteiger partial charge in [0.1, 0.15) is 11.5 Å². The number of anilines is 1. The minimum atomic E-state index is -0.258. The van der Waals surface area contributed by atoms with Crippen molar-refractivity contribution in [2.75, 3.05) is 5.32 Å². The van der Waals surface area contributed by atoms with Crippen molar-refractivity contribution in [3.8, 4) is 11.5 Å². The van der Waals surface area contributed by atoms with Crippen molar-refractivity contribution in [2.45, 2.75) is 0 Å². The van der Waals surface area contributed by atoms with Gasteiger partial charge >= 0.3 is 0 Å². The van der Waals surface area contributed by atoms with E-state index in [4.69, 9.17) is 4.74 Å². The first-order chi connectivity index (χ1) is 12.7. The van der Waals surface area contributed by atoms with Crippen LogP contribution in [0.15, 0.2) is 77.3 Å². The molecule has 4 aromatic rings. The van der Waals surface area contributed by atoms with E-state index in [0.29, 0.717) is 22.2 Å². The van der Waals surface area contributed by atoms with Gasteiger partial charge in [0.25, 0.3) is 5.91 Å². The summed E-state index contributed by atoms with van der Waals surface area (Å²) in [5.41, 5.74) is 1.29. The van der Waals surface area contributed by atoms with Crippen molar-refractivity contribution in [2.24, 2.45) is 0 Å². The molecule has 0 fully saturated rings. The second-order valence-corrected chi connectivity index (χ2v) is 7.36. The Labute approximate surface area is 162 Å². The first kappa shape index (κ1) is 16.8. The summed E-state index contributed by atoms with van der Waals surface area (Å²) >= 11 is 4.91. The van der Waals surface area contributed by atoms with E-state index in [9.17, 15) is 4.79 Å². The first-order valence-corrected chi connectivity index (χ1v) is 9.50. The van der Waals surface area contributed by atoms with Gasteiger partial charge in [-0.15, -0.1) is 0 Å². The molecule has 26 heavy (non-hydrogen) atoms. The van der Waals surface area contributed by atoms with Crippen molar-refractivity contribution in [1.29, 1.82) is 0 Å². The van der Waals surface area contributed by atoms with E-state index in [1.165, 1.54) is 11.3 Å².